The molecule has 7 nitrogen and oxygen atoms in total. The Kier molecular flexibility index (Phi) is 7.00. The lowest BCUT2D eigenvalue weighted by Gasteiger charge is -2.29. The van der Waals surface area contributed by atoms with Crippen LogP contribution in [0.25, 0.3) is 0 Å². The van der Waals surface area contributed by atoms with E-state index in [2.05, 4.69) is 20.8 Å². The van der Waals surface area contributed by atoms with Crippen LogP contribution in [0.5, 0.6) is 5.75 Å². The molecule has 2 heterocycles. The second-order valence-electron chi connectivity index (χ2n) is 8.19. The Bertz CT molecular complexity index is 945. The summed E-state index contributed by atoms with van der Waals surface area (Å²) >= 11 is 6.08. The van der Waals surface area contributed by atoms with Crippen LogP contribution in [-0.2, 0) is 0 Å². The number of rotatable bonds is 5. The summed E-state index contributed by atoms with van der Waals surface area (Å²) in [7, 11) is 0. The molecule has 0 unspecified atom stereocenters. The number of piperidine rings is 1. The van der Waals surface area contributed by atoms with E-state index in [4.69, 9.17) is 21.6 Å². The van der Waals surface area contributed by atoms with Gasteiger partial charge in [-0.25, -0.2) is 0 Å². The molecule has 4 rings (SSSR count). The lowest BCUT2D eigenvalue weighted by Crippen LogP contribution is -2.40. The van der Waals surface area contributed by atoms with Crippen molar-refractivity contribution in [3.8, 4) is 11.8 Å². The molecule has 1 saturated heterocycles. The number of nitrogens with one attached hydrogen (secondary N) is 2. The molecule has 1 saturated carbocycles. The number of carbonyl (C=O) groups is 1. The van der Waals surface area contributed by atoms with Crippen LogP contribution in [0.15, 0.2) is 30.3 Å². The summed E-state index contributed by atoms with van der Waals surface area (Å²) in [6.07, 6.45) is 5.52. The molecule has 0 bridgehead atoms. The van der Waals surface area contributed by atoms with E-state index >= 15 is 0 Å². The van der Waals surface area contributed by atoms with Gasteiger partial charge in [-0.1, -0.05) is 11.6 Å². The molecule has 8 heteroatoms. The minimum Gasteiger partial charge on any atom is -0.490 e. The van der Waals surface area contributed by atoms with E-state index in [0.29, 0.717) is 27.9 Å². The molecule has 0 atom stereocenters. The van der Waals surface area contributed by atoms with Crippen molar-refractivity contribution in [2.24, 2.45) is 0 Å². The number of benzene rings is 1. The van der Waals surface area contributed by atoms with Crippen molar-refractivity contribution in [1.82, 2.24) is 20.8 Å². The van der Waals surface area contributed by atoms with E-state index in [1.807, 2.05) is 12.1 Å². The number of aromatic nitrogens is 2. The van der Waals surface area contributed by atoms with E-state index in [-0.39, 0.29) is 18.1 Å². The predicted octanol–water partition coefficient (Wildman–Crippen LogP) is 3.59. The van der Waals surface area contributed by atoms with Crippen LogP contribution in [0.3, 0.4) is 0 Å². The maximum absolute atomic E-state index is 12.6. The van der Waals surface area contributed by atoms with Crippen LogP contribution in [0.2, 0.25) is 5.02 Å². The summed E-state index contributed by atoms with van der Waals surface area (Å²) in [6, 6.07) is 11.0. The fourth-order valence-electron chi connectivity index (χ4n) is 4.24. The van der Waals surface area contributed by atoms with E-state index < -0.39 is 0 Å². The third kappa shape index (κ3) is 5.52. The number of hydrogen-bond donors (Lipinski definition) is 2. The standard InChI is InChI=1S/C23H26ClN5O2/c24-20-13-19(4-1-16(20)14-25)31-18-5-2-17(3-6-18)27-23(30)22-8-7-21(28-29-22)15-9-11-26-12-10-15/h1,4,7-8,13,15,17-18,26H,2-3,5-6,9-12H2,(H,27,30). The Morgan fingerprint density at radius 1 is 1.10 bits per heavy atom. The topological polar surface area (TPSA) is 99.9 Å². The van der Waals surface area contributed by atoms with Gasteiger partial charge in [0.05, 0.1) is 22.4 Å². The minimum atomic E-state index is -0.174. The first-order chi connectivity index (χ1) is 15.1. The van der Waals surface area contributed by atoms with Crippen LogP contribution in [0, 0.1) is 11.3 Å². The van der Waals surface area contributed by atoms with Crippen molar-refractivity contribution in [2.75, 3.05) is 13.1 Å². The Hall–Kier alpha value is -2.69. The zero-order valence-corrected chi connectivity index (χ0v) is 18.1. The molecular formula is C23H26ClN5O2. The fourth-order valence-corrected chi connectivity index (χ4v) is 4.45. The molecule has 162 valence electrons. The minimum absolute atomic E-state index is 0.0706. The van der Waals surface area contributed by atoms with Crippen molar-refractivity contribution in [3.05, 3.63) is 52.3 Å². The van der Waals surface area contributed by atoms with E-state index in [9.17, 15) is 4.79 Å². The van der Waals surface area contributed by atoms with Gasteiger partial charge in [-0.05, 0) is 75.9 Å². The van der Waals surface area contributed by atoms with Gasteiger partial charge in [0.1, 0.15) is 11.8 Å². The number of halogens is 1. The number of ether oxygens (including phenoxy) is 1. The average molecular weight is 440 g/mol. The Morgan fingerprint density at radius 3 is 2.52 bits per heavy atom. The van der Waals surface area contributed by atoms with Crippen LogP contribution in [0.1, 0.15) is 66.2 Å². The highest BCUT2D eigenvalue weighted by molar-refractivity contribution is 6.31. The average Bonchev–Trinajstić information content (AvgIpc) is 2.81. The molecule has 0 spiro atoms. The maximum Gasteiger partial charge on any atom is 0.272 e. The molecule has 1 aromatic carbocycles. The number of hydrogen-bond acceptors (Lipinski definition) is 6. The maximum atomic E-state index is 12.6. The van der Waals surface area contributed by atoms with Gasteiger partial charge >= 0.3 is 0 Å². The van der Waals surface area contributed by atoms with Gasteiger partial charge in [-0.3, -0.25) is 4.79 Å². The van der Waals surface area contributed by atoms with Crippen molar-refractivity contribution in [1.29, 1.82) is 5.26 Å². The predicted molar refractivity (Wildman–Crippen MR) is 117 cm³/mol. The Morgan fingerprint density at radius 2 is 1.87 bits per heavy atom. The first-order valence-electron chi connectivity index (χ1n) is 10.8. The Labute approximate surface area is 187 Å². The molecule has 1 aliphatic heterocycles. The van der Waals surface area contributed by atoms with Crippen molar-refractivity contribution < 1.29 is 9.53 Å². The van der Waals surface area contributed by atoms with Crippen molar-refractivity contribution in [3.63, 3.8) is 0 Å². The molecule has 31 heavy (non-hydrogen) atoms. The van der Waals surface area contributed by atoms with Gasteiger partial charge in [0.15, 0.2) is 5.69 Å². The zero-order valence-electron chi connectivity index (χ0n) is 17.3. The lowest BCUT2D eigenvalue weighted by atomic mass is 9.92. The largest absolute Gasteiger partial charge is 0.490 e. The Balaban J connectivity index is 1.25. The zero-order chi connectivity index (χ0) is 21.6. The van der Waals surface area contributed by atoms with Gasteiger partial charge < -0.3 is 15.4 Å². The highest BCUT2D eigenvalue weighted by Gasteiger charge is 2.25. The second-order valence-corrected chi connectivity index (χ2v) is 8.59. The highest BCUT2D eigenvalue weighted by atomic mass is 35.5. The summed E-state index contributed by atoms with van der Waals surface area (Å²) in [6.45, 7) is 2.00. The van der Waals surface area contributed by atoms with Gasteiger partial charge in [0.2, 0.25) is 0 Å². The van der Waals surface area contributed by atoms with Gasteiger partial charge in [-0.15, -0.1) is 5.10 Å². The lowest BCUT2D eigenvalue weighted by molar-refractivity contribution is 0.0888. The fraction of sp³-hybridized carbons (Fsp3) is 0.478. The first kappa shape index (κ1) is 21.5. The third-order valence-corrected chi connectivity index (χ3v) is 6.36. The monoisotopic (exact) mass is 439 g/mol. The summed E-state index contributed by atoms with van der Waals surface area (Å²) in [4.78, 5) is 12.6. The van der Waals surface area contributed by atoms with E-state index in [0.717, 1.165) is 57.3 Å². The molecule has 0 radical (unpaired) electrons. The number of carbonyl (C=O) groups excluding carboxylic acids is 1. The van der Waals surface area contributed by atoms with Gasteiger partial charge in [0.25, 0.3) is 5.91 Å². The van der Waals surface area contributed by atoms with E-state index in [1.165, 1.54) is 0 Å². The first-order valence-corrected chi connectivity index (χ1v) is 11.2. The van der Waals surface area contributed by atoms with Crippen LogP contribution < -0.4 is 15.4 Å². The normalized spacial score (nSPS) is 21.8. The molecule has 2 N–H and O–H groups in total. The molecular weight excluding hydrogens is 414 g/mol. The third-order valence-electron chi connectivity index (χ3n) is 6.05. The van der Waals surface area contributed by atoms with Crippen molar-refractivity contribution in [2.45, 2.75) is 56.6 Å². The van der Waals surface area contributed by atoms with Crippen LogP contribution >= 0.6 is 11.6 Å². The number of amides is 1. The van der Waals surface area contributed by atoms with Gasteiger partial charge in [-0.2, -0.15) is 10.4 Å². The molecule has 2 aliphatic rings. The SMILES string of the molecule is N#Cc1ccc(OC2CCC(NC(=O)c3ccc(C4CCNCC4)nn3)CC2)cc1Cl. The smallest absolute Gasteiger partial charge is 0.272 e. The quantitative estimate of drug-likeness (QED) is 0.738. The molecule has 1 aliphatic carbocycles. The summed E-state index contributed by atoms with van der Waals surface area (Å²) in [5, 5.41) is 24.3. The van der Waals surface area contributed by atoms with E-state index in [1.54, 1.807) is 24.3 Å². The number of nitriles is 1. The van der Waals surface area contributed by atoms with Crippen LogP contribution in [0.4, 0.5) is 0 Å². The summed E-state index contributed by atoms with van der Waals surface area (Å²) in [5.74, 6) is 0.917. The van der Waals surface area contributed by atoms with Crippen molar-refractivity contribution >= 4 is 17.5 Å². The van der Waals surface area contributed by atoms with Gasteiger partial charge in [0, 0.05) is 18.0 Å². The second kappa shape index (κ2) is 10.1. The number of nitrogens with zero attached hydrogens (tertiary/aromatic N) is 3. The molecule has 1 amide bonds. The molecule has 2 aromatic rings. The van der Waals surface area contributed by atoms with Crippen LogP contribution in [-0.4, -0.2) is 41.3 Å². The molecule has 1 aromatic heterocycles. The summed E-state index contributed by atoms with van der Waals surface area (Å²) in [5.41, 5.74) is 1.77. The highest BCUT2D eigenvalue weighted by Crippen LogP contribution is 2.27. The summed E-state index contributed by atoms with van der Waals surface area (Å²) < 4.78 is 6.01. The molecule has 2 fully saturated rings.